The third-order valence-electron chi connectivity index (χ3n) is 3.91. The SMILES string of the molecule is C=CCNC(=O)C1=CC([N+](=O)[O-])C=C2C(=O)NC(=Nc3ccc(Cl)c(Cl)c3)N=C12. The molecule has 1 aliphatic carbocycles. The van der Waals surface area contributed by atoms with Gasteiger partial charge in [-0.3, -0.25) is 25.0 Å². The van der Waals surface area contributed by atoms with Crippen LogP contribution in [0.3, 0.4) is 0 Å². The highest BCUT2D eigenvalue weighted by atomic mass is 35.5. The molecule has 0 spiro atoms. The molecular weight excluding hydrogens is 421 g/mol. The molecule has 11 heteroatoms. The van der Waals surface area contributed by atoms with E-state index in [0.717, 1.165) is 12.2 Å². The maximum atomic E-state index is 12.5. The Morgan fingerprint density at radius 3 is 2.79 bits per heavy atom. The summed E-state index contributed by atoms with van der Waals surface area (Å²) in [5.41, 5.74) is 0.188. The lowest BCUT2D eigenvalue weighted by atomic mass is 9.91. The Morgan fingerprint density at radius 2 is 2.14 bits per heavy atom. The minimum Gasteiger partial charge on any atom is -0.349 e. The van der Waals surface area contributed by atoms with Gasteiger partial charge in [-0.25, -0.2) is 9.98 Å². The lowest BCUT2D eigenvalue weighted by Crippen LogP contribution is -2.44. The summed E-state index contributed by atoms with van der Waals surface area (Å²) in [7, 11) is 0. The maximum Gasteiger partial charge on any atom is 0.260 e. The van der Waals surface area contributed by atoms with Gasteiger partial charge in [0.1, 0.15) is 0 Å². The normalized spacial score (nSPS) is 19.4. The van der Waals surface area contributed by atoms with Crippen molar-refractivity contribution in [3.8, 4) is 0 Å². The molecule has 1 aromatic carbocycles. The lowest BCUT2D eigenvalue weighted by Gasteiger charge is -2.22. The molecule has 9 nitrogen and oxygen atoms in total. The standard InChI is InChI=1S/C18H13Cl2N5O4/c1-2-5-21-16(26)11-7-10(25(28)29)8-12-15(11)23-18(24-17(12)27)22-9-3-4-13(19)14(20)6-9/h2-4,6-8,10H,1,5H2,(H,21,26)(H,22,24,27). The molecule has 3 rings (SSSR count). The van der Waals surface area contributed by atoms with Crippen molar-refractivity contribution in [2.24, 2.45) is 9.98 Å². The zero-order valence-electron chi connectivity index (χ0n) is 14.7. The summed E-state index contributed by atoms with van der Waals surface area (Å²) in [6, 6.07) is 3.23. The van der Waals surface area contributed by atoms with Crippen molar-refractivity contribution in [3.05, 3.63) is 74.3 Å². The van der Waals surface area contributed by atoms with Gasteiger partial charge in [-0.1, -0.05) is 29.3 Å². The molecular formula is C18H13Cl2N5O4. The van der Waals surface area contributed by atoms with Gasteiger partial charge in [0.2, 0.25) is 5.96 Å². The van der Waals surface area contributed by atoms with E-state index in [1.54, 1.807) is 6.07 Å². The van der Waals surface area contributed by atoms with Crippen molar-refractivity contribution in [3.63, 3.8) is 0 Å². The number of nitro groups is 1. The number of guanidine groups is 1. The van der Waals surface area contributed by atoms with Gasteiger partial charge in [0.15, 0.2) is 0 Å². The van der Waals surface area contributed by atoms with Crippen LogP contribution in [0, 0.1) is 10.1 Å². The highest BCUT2D eigenvalue weighted by Crippen LogP contribution is 2.27. The minimum absolute atomic E-state index is 0.00720. The van der Waals surface area contributed by atoms with Crippen LogP contribution in [0.4, 0.5) is 5.69 Å². The second kappa shape index (κ2) is 8.38. The Balaban J connectivity index is 2.05. The average Bonchev–Trinajstić information content (AvgIpc) is 2.68. The first kappa shape index (κ1) is 20.4. The number of amides is 2. The first-order valence-corrected chi connectivity index (χ1v) is 8.96. The van der Waals surface area contributed by atoms with Crippen molar-refractivity contribution in [2.45, 2.75) is 6.04 Å². The Kier molecular flexibility index (Phi) is 5.90. The number of benzene rings is 1. The number of halogens is 2. The molecule has 148 valence electrons. The van der Waals surface area contributed by atoms with Crippen LogP contribution in [0.5, 0.6) is 0 Å². The van der Waals surface area contributed by atoms with Crippen molar-refractivity contribution in [1.29, 1.82) is 0 Å². The molecule has 2 N–H and O–H groups in total. The van der Waals surface area contributed by atoms with Gasteiger partial charge in [-0.05, 0) is 18.2 Å². The summed E-state index contributed by atoms with van der Waals surface area (Å²) >= 11 is 11.8. The fourth-order valence-electron chi connectivity index (χ4n) is 2.59. The fourth-order valence-corrected chi connectivity index (χ4v) is 2.89. The number of hydrogen-bond donors (Lipinski definition) is 2. The van der Waals surface area contributed by atoms with E-state index < -0.39 is 22.8 Å². The van der Waals surface area contributed by atoms with Gasteiger partial charge in [0.25, 0.3) is 17.9 Å². The van der Waals surface area contributed by atoms with Crippen molar-refractivity contribution >= 4 is 52.4 Å². The summed E-state index contributed by atoms with van der Waals surface area (Å²) < 4.78 is 0. The van der Waals surface area contributed by atoms with Gasteiger partial charge in [-0.2, -0.15) is 0 Å². The van der Waals surface area contributed by atoms with Crippen molar-refractivity contribution in [2.75, 3.05) is 6.54 Å². The smallest absolute Gasteiger partial charge is 0.260 e. The number of carbonyl (C=O) groups excluding carboxylic acids is 2. The summed E-state index contributed by atoms with van der Waals surface area (Å²) in [6.45, 7) is 3.64. The summed E-state index contributed by atoms with van der Waals surface area (Å²) in [4.78, 5) is 44.0. The monoisotopic (exact) mass is 433 g/mol. The fraction of sp³-hybridized carbons (Fsp3) is 0.111. The molecule has 0 saturated carbocycles. The topological polar surface area (TPSA) is 126 Å². The van der Waals surface area contributed by atoms with Crippen LogP contribution in [-0.2, 0) is 9.59 Å². The lowest BCUT2D eigenvalue weighted by molar-refractivity contribution is -0.496. The molecule has 1 heterocycles. The zero-order chi connectivity index (χ0) is 21.1. The highest BCUT2D eigenvalue weighted by Gasteiger charge is 2.36. The Hall–Kier alpha value is -3.30. The van der Waals surface area contributed by atoms with Crippen LogP contribution in [-0.4, -0.2) is 41.0 Å². The second-order valence-corrected chi connectivity index (χ2v) is 6.70. The molecule has 1 unspecified atom stereocenters. The third-order valence-corrected chi connectivity index (χ3v) is 4.64. The van der Waals surface area contributed by atoms with Crippen LogP contribution >= 0.6 is 23.2 Å². The van der Waals surface area contributed by atoms with Crippen LogP contribution < -0.4 is 10.6 Å². The van der Waals surface area contributed by atoms with E-state index in [1.807, 2.05) is 0 Å². The average molecular weight is 434 g/mol. The number of fused-ring (bicyclic) bond motifs is 1. The van der Waals surface area contributed by atoms with E-state index in [9.17, 15) is 19.7 Å². The summed E-state index contributed by atoms with van der Waals surface area (Å²) in [6.07, 6.45) is 3.72. The number of nitrogens with zero attached hydrogens (tertiary/aromatic N) is 3. The van der Waals surface area contributed by atoms with Crippen LogP contribution in [0.2, 0.25) is 10.0 Å². The Morgan fingerprint density at radius 1 is 1.38 bits per heavy atom. The molecule has 0 bridgehead atoms. The highest BCUT2D eigenvalue weighted by molar-refractivity contribution is 6.43. The van der Waals surface area contributed by atoms with E-state index in [4.69, 9.17) is 23.2 Å². The predicted molar refractivity (Wildman–Crippen MR) is 109 cm³/mol. The van der Waals surface area contributed by atoms with Crippen LogP contribution in [0.1, 0.15) is 0 Å². The van der Waals surface area contributed by atoms with Gasteiger partial charge < -0.3 is 5.32 Å². The Bertz CT molecular complexity index is 1060. The molecule has 2 amide bonds. The molecule has 0 fully saturated rings. The first-order valence-electron chi connectivity index (χ1n) is 8.21. The molecule has 0 radical (unpaired) electrons. The van der Waals surface area contributed by atoms with Crippen LogP contribution in [0.15, 0.2) is 64.1 Å². The van der Waals surface area contributed by atoms with Gasteiger partial charge in [0, 0.05) is 23.6 Å². The number of hydrogen-bond acceptors (Lipinski definition) is 5. The van der Waals surface area contributed by atoms with Crippen molar-refractivity contribution in [1.82, 2.24) is 10.6 Å². The van der Waals surface area contributed by atoms with E-state index in [1.165, 1.54) is 18.2 Å². The first-order chi connectivity index (χ1) is 13.8. The van der Waals surface area contributed by atoms with E-state index >= 15 is 0 Å². The quantitative estimate of drug-likeness (QED) is 0.419. The van der Waals surface area contributed by atoms with E-state index in [0.29, 0.717) is 10.7 Å². The molecule has 0 saturated heterocycles. The van der Waals surface area contributed by atoms with Gasteiger partial charge in [0.05, 0.1) is 32.6 Å². The molecule has 0 aromatic heterocycles. The molecule has 1 aliphatic heterocycles. The largest absolute Gasteiger partial charge is 0.349 e. The number of aliphatic imine (C=N–C) groups is 2. The van der Waals surface area contributed by atoms with Crippen LogP contribution in [0.25, 0.3) is 0 Å². The number of rotatable bonds is 5. The minimum atomic E-state index is -1.34. The zero-order valence-corrected chi connectivity index (χ0v) is 16.2. The molecule has 2 aliphatic rings. The maximum absolute atomic E-state index is 12.5. The predicted octanol–water partition coefficient (Wildman–Crippen LogP) is 2.37. The van der Waals surface area contributed by atoms with Gasteiger partial charge >= 0.3 is 0 Å². The number of carbonyl (C=O) groups is 2. The Labute approximate surface area is 174 Å². The molecule has 1 aromatic rings. The summed E-state index contributed by atoms with van der Waals surface area (Å²) in [5, 5.41) is 16.8. The molecule has 1 atom stereocenters. The number of nitrogens with one attached hydrogen (secondary N) is 2. The summed E-state index contributed by atoms with van der Waals surface area (Å²) in [5.74, 6) is -1.38. The second-order valence-electron chi connectivity index (χ2n) is 5.88. The molecule has 29 heavy (non-hydrogen) atoms. The van der Waals surface area contributed by atoms with E-state index in [2.05, 4.69) is 27.2 Å². The third kappa shape index (κ3) is 4.41. The van der Waals surface area contributed by atoms with E-state index in [-0.39, 0.29) is 34.4 Å². The van der Waals surface area contributed by atoms with Gasteiger partial charge in [-0.15, -0.1) is 6.58 Å². The van der Waals surface area contributed by atoms with Crippen molar-refractivity contribution < 1.29 is 14.5 Å².